The molecule has 0 amide bonds. The molecule has 0 aliphatic heterocycles. The van der Waals surface area contributed by atoms with Crippen molar-refractivity contribution in [3.63, 3.8) is 0 Å². The maximum atomic E-state index is 13.3. The molecule has 3 rings (SSSR count). The normalized spacial score (nSPS) is 35.8. The zero-order valence-electron chi connectivity index (χ0n) is 30.5. The van der Waals surface area contributed by atoms with E-state index < -0.39 is 95.1 Å². The Hall–Kier alpha value is -2.95. The monoisotopic (exact) mass is 678 g/mol. The molecule has 11 atom stereocenters. The van der Waals surface area contributed by atoms with E-state index in [2.05, 4.69) is 0 Å². The van der Waals surface area contributed by atoms with E-state index in [1.54, 1.807) is 13.8 Å². The summed E-state index contributed by atoms with van der Waals surface area (Å²) in [6.07, 6.45) is -2.17. The van der Waals surface area contributed by atoms with Gasteiger partial charge in [0.05, 0.1) is 0 Å². The third kappa shape index (κ3) is 7.76. The average Bonchev–Trinajstić information content (AvgIpc) is 3.20. The van der Waals surface area contributed by atoms with Crippen LogP contribution >= 0.6 is 0 Å². The van der Waals surface area contributed by atoms with Crippen LogP contribution in [-0.4, -0.2) is 71.6 Å². The Morgan fingerprint density at radius 1 is 0.792 bits per heavy atom. The number of fused-ring (bicyclic) bond motifs is 3. The van der Waals surface area contributed by atoms with Gasteiger partial charge in [0.1, 0.15) is 30.5 Å². The zero-order chi connectivity index (χ0) is 36.1. The third-order valence-electron chi connectivity index (χ3n) is 10.8. The van der Waals surface area contributed by atoms with Gasteiger partial charge in [-0.15, -0.1) is 0 Å². The van der Waals surface area contributed by atoms with Crippen molar-refractivity contribution in [2.24, 2.45) is 34.5 Å². The maximum Gasteiger partial charge on any atom is 0.306 e. The summed E-state index contributed by atoms with van der Waals surface area (Å²) in [6, 6.07) is 0. The fraction of sp³-hybridized carbons (Fsp3) is 0.811. The molecule has 2 saturated carbocycles. The molecule has 0 bridgehead atoms. The van der Waals surface area contributed by atoms with Crippen LogP contribution < -0.4 is 0 Å². The minimum atomic E-state index is -1.30. The van der Waals surface area contributed by atoms with Crippen LogP contribution in [0.25, 0.3) is 0 Å². The quantitative estimate of drug-likeness (QED) is 0.147. The van der Waals surface area contributed by atoms with Crippen molar-refractivity contribution in [1.82, 2.24) is 0 Å². The molecule has 0 aromatic rings. The molecule has 11 nitrogen and oxygen atoms in total. The van der Waals surface area contributed by atoms with Crippen molar-refractivity contribution >= 4 is 29.8 Å². The molecule has 1 N–H and O–H groups in total. The van der Waals surface area contributed by atoms with Crippen LogP contribution in [0, 0.1) is 34.5 Å². The van der Waals surface area contributed by atoms with Crippen LogP contribution in [0.2, 0.25) is 0 Å². The van der Waals surface area contributed by atoms with Gasteiger partial charge in [0, 0.05) is 49.4 Å². The van der Waals surface area contributed by atoms with Gasteiger partial charge < -0.3 is 28.8 Å². The third-order valence-corrected chi connectivity index (χ3v) is 10.8. The van der Waals surface area contributed by atoms with Crippen molar-refractivity contribution in [2.75, 3.05) is 0 Å². The van der Waals surface area contributed by atoms with Crippen molar-refractivity contribution in [2.45, 2.75) is 157 Å². The van der Waals surface area contributed by atoms with Gasteiger partial charge in [-0.2, -0.15) is 0 Å². The predicted molar refractivity (Wildman–Crippen MR) is 176 cm³/mol. The van der Waals surface area contributed by atoms with Gasteiger partial charge in [-0.1, -0.05) is 61.5 Å². The molecule has 272 valence electrons. The van der Waals surface area contributed by atoms with Gasteiger partial charge >= 0.3 is 29.8 Å². The lowest BCUT2D eigenvalue weighted by Gasteiger charge is -2.58. The Kier molecular flexibility index (Phi) is 13.3. The van der Waals surface area contributed by atoms with Gasteiger partial charge in [-0.3, -0.25) is 24.0 Å². The summed E-state index contributed by atoms with van der Waals surface area (Å²) in [5.41, 5.74) is -1.60. The van der Waals surface area contributed by atoms with E-state index in [-0.39, 0.29) is 38.0 Å². The number of ether oxygens (including phenoxy) is 5. The Balaban J connectivity index is 2.39. The Morgan fingerprint density at radius 3 is 1.77 bits per heavy atom. The zero-order valence-corrected chi connectivity index (χ0v) is 30.5. The number of hydrogen-bond donors (Lipinski definition) is 1. The Labute approximate surface area is 285 Å². The van der Waals surface area contributed by atoms with Crippen molar-refractivity contribution < 1.29 is 52.8 Å². The lowest BCUT2D eigenvalue weighted by Crippen LogP contribution is -2.63. The standard InChI is InChI=1S/C37H58O11/c1-11-15-26(40)46-32-29(20(5)6)30-23-18-21(7)31(43)33(45-25(39)14-4)34(47-27(41)16-12-2)36(23,9)19-24(44-22(8)38)37(30,10)35(32)48-28(42)17-13-3/h18,20,23-24,29-35,43H,11-17,19H2,1-10H3. The van der Waals surface area contributed by atoms with Crippen LogP contribution in [0.1, 0.15) is 121 Å². The second-order valence-corrected chi connectivity index (χ2v) is 14.7. The molecular weight excluding hydrogens is 620 g/mol. The number of rotatable bonds is 13. The van der Waals surface area contributed by atoms with Gasteiger partial charge in [-0.25, -0.2) is 0 Å². The van der Waals surface area contributed by atoms with Gasteiger partial charge in [-0.05, 0) is 55.9 Å². The molecular formula is C37H58O11. The van der Waals surface area contributed by atoms with E-state index in [0.29, 0.717) is 24.8 Å². The summed E-state index contributed by atoms with van der Waals surface area (Å²) in [4.78, 5) is 65.4. The second kappa shape index (κ2) is 16.2. The second-order valence-electron chi connectivity index (χ2n) is 14.7. The molecule has 0 aromatic heterocycles. The summed E-state index contributed by atoms with van der Waals surface area (Å²) in [7, 11) is 0. The first-order chi connectivity index (χ1) is 22.5. The first kappa shape index (κ1) is 39.5. The molecule has 3 aliphatic carbocycles. The van der Waals surface area contributed by atoms with E-state index in [4.69, 9.17) is 23.7 Å². The summed E-state index contributed by atoms with van der Waals surface area (Å²) < 4.78 is 30.8. The number of hydrogen-bond acceptors (Lipinski definition) is 11. The molecule has 0 aromatic carbocycles. The summed E-state index contributed by atoms with van der Waals surface area (Å²) in [6.45, 7) is 18.2. The largest absolute Gasteiger partial charge is 0.462 e. The van der Waals surface area contributed by atoms with Crippen LogP contribution in [-0.2, 0) is 47.7 Å². The summed E-state index contributed by atoms with van der Waals surface area (Å²) in [5.74, 6) is -3.94. The van der Waals surface area contributed by atoms with Crippen LogP contribution in [0.15, 0.2) is 11.6 Å². The van der Waals surface area contributed by atoms with Gasteiger partial charge in [0.15, 0.2) is 6.10 Å². The fourth-order valence-corrected chi connectivity index (χ4v) is 8.62. The van der Waals surface area contributed by atoms with E-state index in [0.717, 1.165) is 0 Å². The SMILES string of the molecule is CCCC(=O)OC1C(C(C)C)C2C3C=C(C)C(O)C(OC(=O)CC)C(OC(=O)CCC)C3(C)CC(OC(C)=O)C2(C)C1OC(=O)CCC. The highest BCUT2D eigenvalue weighted by atomic mass is 16.6. The molecule has 0 spiro atoms. The molecule has 0 heterocycles. The number of esters is 5. The molecule has 48 heavy (non-hydrogen) atoms. The van der Waals surface area contributed by atoms with E-state index >= 15 is 0 Å². The van der Waals surface area contributed by atoms with Gasteiger partial charge in [0.2, 0.25) is 0 Å². The van der Waals surface area contributed by atoms with Crippen LogP contribution in [0.4, 0.5) is 0 Å². The number of aliphatic hydroxyl groups excluding tert-OH is 1. The van der Waals surface area contributed by atoms with Gasteiger partial charge in [0.25, 0.3) is 0 Å². The predicted octanol–water partition coefficient (Wildman–Crippen LogP) is 5.63. The molecule has 11 unspecified atom stereocenters. The highest BCUT2D eigenvalue weighted by Crippen LogP contribution is 2.67. The Morgan fingerprint density at radius 2 is 1.29 bits per heavy atom. The molecule has 11 heteroatoms. The lowest BCUT2D eigenvalue weighted by molar-refractivity contribution is -0.226. The van der Waals surface area contributed by atoms with Crippen molar-refractivity contribution in [3.05, 3.63) is 11.6 Å². The highest BCUT2D eigenvalue weighted by molar-refractivity contribution is 5.72. The van der Waals surface area contributed by atoms with E-state index in [1.807, 2.05) is 54.5 Å². The Bertz CT molecular complexity index is 1230. The molecule has 3 aliphatic rings. The molecule has 0 saturated heterocycles. The number of carbonyl (C=O) groups excluding carboxylic acids is 5. The minimum Gasteiger partial charge on any atom is -0.462 e. The molecule has 2 fully saturated rings. The smallest absolute Gasteiger partial charge is 0.306 e. The number of aliphatic hydroxyl groups is 1. The fourth-order valence-electron chi connectivity index (χ4n) is 8.62. The maximum absolute atomic E-state index is 13.3. The van der Waals surface area contributed by atoms with Crippen LogP contribution in [0.5, 0.6) is 0 Å². The summed E-state index contributed by atoms with van der Waals surface area (Å²) >= 11 is 0. The van der Waals surface area contributed by atoms with Crippen molar-refractivity contribution in [3.8, 4) is 0 Å². The minimum absolute atomic E-state index is 0.0452. The number of allylic oxidation sites excluding steroid dienone is 1. The topological polar surface area (TPSA) is 152 Å². The first-order valence-corrected chi connectivity index (χ1v) is 17.8. The highest BCUT2D eigenvalue weighted by Gasteiger charge is 2.74. The lowest BCUT2D eigenvalue weighted by atomic mass is 9.49. The van der Waals surface area contributed by atoms with E-state index in [1.165, 1.54) is 6.92 Å². The molecule has 0 radical (unpaired) electrons. The van der Waals surface area contributed by atoms with Crippen LogP contribution in [0.3, 0.4) is 0 Å². The van der Waals surface area contributed by atoms with Crippen molar-refractivity contribution in [1.29, 1.82) is 0 Å². The van der Waals surface area contributed by atoms with E-state index in [9.17, 15) is 29.1 Å². The summed E-state index contributed by atoms with van der Waals surface area (Å²) in [5, 5.41) is 11.7. The number of carbonyl (C=O) groups is 5. The average molecular weight is 679 g/mol. The first-order valence-electron chi connectivity index (χ1n) is 17.8.